The summed E-state index contributed by atoms with van der Waals surface area (Å²) in [6.07, 6.45) is 0. The monoisotopic (exact) mass is 256 g/mol. The highest BCUT2D eigenvalue weighted by Gasteiger charge is 2.09. The summed E-state index contributed by atoms with van der Waals surface area (Å²) in [5.74, 6) is -0.0965. The van der Waals surface area contributed by atoms with Crippen molar-refractivity contribution in [2.24, 2.45) is 5.73 Å². The largest absolute Gasteiger partial charge is 0.322 e. The summed E-state index contributed by atoms with van der Waals surface area (Å²) in [5, 5.41) is 0. The molecule has 0 spiro atoms. The minimum absolute atomic E-state index is 0.0298. The molecule has 1 aromatic rings. The molecule has 0 saturated heterocycles. The van der Waals surface area contributed by atoms with E-state index in [4.69, 9.17) is 5.73 Å². The van der Waals surface area contributed by atoms with E-state index in [1.165, 1.54) is 0 Å². The third kappa shape index (κ3) is 2.33. The molecule has 0 aliphatic heterocycles. The molecule has 4 heteroatoms. The number of hydrogen-bond donors (Lipinski definition) is 1. The molecule has 0 saturated carbocycles. The van der Waals surface area contributed by atoms with Gasteiger partial charge in [0.1, 0.15) is 0 Å². The highest BCUT2D eigenvalue weighted by Crippen LogP contribution is 2.22. The molecule has 0 fully saturated rings. The van der Waals surface area contributed by atoms with Gasteiger partial charge in [-0.3, -0.25) is 4.79 Å². The van der Waals surface area contributed by atoms with Gasteiger partial charge in [-0.05, 0) is 24.6 Å². The Balaban J connectivity index is 2.96. The standard InChI is InChI=1S/C10H13BrN2O/c1-7-3-4-8(5-9(7)11)13(2)10(14)6-12/h3-5H,6,12H2,1-2H3. The predicted molar refractivity (Wildman–Crippen MR) is 61.3 cm³/mol. The quantitative estimate of drug-likeness (QED) is 0.876. The number of halogens is 1. The van der Waals surface area contributed by atoms with Crippen LogP contribution >= 0.6 is 15.9 Å². The van der Waals surface area contributed by atoms with Crippen molar-refractivity contribution in [1.82, 2.24) is 0 Å². The van der Waals surface area contributed by atoms with Gasteiger partial charge in [0.15, 0.2) is 0 Å². The zero-order chi connectivity index (χ0) is 10.7. The van der Waals surface area contributed by atoms with Gasteiger partial charge in [-0.15, -0.1) is 0 Å². The summed E-state index contributed by atoms with van der Waals surface area (Å²) in [6.45, 7) is 2.03. The fourth-order valence-corrected chi connectivity index (χ4v) is 1.44. The van der Waals surface area contributed by atoms with Crippen molar-refractivity contribution in [3.8, 4) is 0 Å². The average Bonchev–Trinajstić information content (AvgIpc) is 2.20. The van der Waals surface area contributed by atoms with Gasteiger partial charge in [0, 0.05) is 17.2 Å². The average molecular weight is 257 g/mol. The summed E-state index contributed by atoms with van der Waals surface area (Å²) >= 11 is 3.42. The Kier molecular flexibility index (Phi) is 3.66. The van der Waals surface area contributed by atoms with Crippen LogP contribution in [-0.2, 0) is 4.79 Å². The Bertz CT molecular complexity index is 352. The number of hydrogen-bond acceptors (Lipinski definition) is 2. The van der Waals surface area contributed by atoms with E-state index in [9.17, 15) is 4.79 Å². The molecule has 3 nitrogen and oxygen atoms in total. The van der Waals surface area contributed by atoms with Crippen LogP contribution in [0.5, 0.6) is 0 Å². The number of nitrogens with zero attached hydrogens (tertiary/aromatic N) is 1. The van der Waals surface area contributed by atoms with Crippen LogP contribution in [0.4, 0.5) is 5.69 Å². The molecule has 2 N–H and O–H groups in total. The molecule has 14 heavy (non-hydrogen) atoms. The van der Waals surface area contributed by atoms with E-state index in [-0.39, 0.29) is 12.5 Å². The third-order valence-electron chi connectivity index (χ3n) is 2.09. The van der Waals surface area contributed by atoms with Gasteiger partial charge >= 0.3 is 0 Å². The van der Waals surface area contributed by atoms with Crippen LogP contribution in [0.1, 0.15) is 5.56 Å². The summed E-state index contributed by atoms with van der Waals surface area (Å²) in [7, 11) is 1.71. The maximum absolute atomic E-state index is 11.3. The lowest BCUT2D eigenvalue weighted by Gasteiger charge is -2.17. The van der Waals surface area contributed by atoms with Crippen LogP contribution in [0, 0.1) is 6.92 Å². The van der Waals surface area contributed by atoms with Gasteiger partial charge in [0.2, 0.25) is 5.91 Å². The van der Waals surface area contributed by atoms with E-state index in [1.807, 2.05) is 25.1 Å². The van der Waals surface area contributed by atoms with E-state index in [0.717, 1.165) is 15.7 Å². The minimum atomic E-state index is -0.0965. The summed E-state index contributed by atoms with van der Waals surface area (Å²) in [4.78, 5) is 12.8. The normalized spacial score (nSPS) is 10.0. The molecule has 76 valence electrons. The first-order valence-electron chi connectivity index (χ1n) is 4.29. The van der Waals surface area contributed by atoms with Gasteiger partial charge in [-0.25, -0.2) is 0 Å². The van der Waals surface area contributed by atoms with Crippen molar-refractivity contribution >= 4 is 27.5 Å². The SMILES string of the molecule is Cc1ccc(N(C)C(=O)CN)cc1Br. The fraction of sp³-hybridized carbons (Fsp3) is 0.300. The topological polar surface area (TPSA) is 46.3 Å². The van der Waals surface area contributed by atoms with Gasteiger partial charge < -0.3 is 10.6 Å². The first-order chi connectivity index (χ1) is 6.56. The summed E-state index contributed by atoms with van der Waals surface area (Å²) in [5.41, 5.74) is 7.26. The molecule has 0 bridgehead atoms. The summed E-state index contributed by atoms with van der Waals surface area (Å²) in [6, 6.07) is 5.76. The Morgan fingerprint density at radius 3 is 2.71 bits per heavy atom. The van der Waals surface area contributed by atoms with Gasteiger partial charge in [0.05, 0.1) is 6.54 Å². The van der Waals surface area contributed by atoms with E-state index >= 15 is 0 Å². The molecule has 0 atom stereocenters. The number of benzene rings is 1. The van der Waals surface area contributed by atoms with Crippen molar-refractivity contribution in [2.75, 3.05) is 18.5 Å². The van der Waals surface area contributed by atoms with Crippen molar-refractivity contribution in [1.29, 1.82) is 0 Å². The highest BCUT2D eigenvalue weighted by molar-refractivity contribution is 9.10. The van der Waals surface area contributed by atoms with Crippen LogP contribution < -0.4 is 10.6 Å². The Morgan fingerprint density at radius 1 is 1.57 bits per heavy atom. The molecule has 1 rings (SSSR count). The van der Waals surface area contributed by atoms with Gasteiger partial charge in [-0.1, -0.05) is 22.0 Å². The van der Waals surface area contributed by atoms with Crippen molar-refractivity contribution in [3.05, 3.63) is 28.2 Å². The Labute approximate surface area is 92.0 Å². The molecule has 1 amide bonds. The molecule has 0 unspecified atom stereocenters. The number of amides is 1. The second-order valence-corrected chi connectivity index (χ2v) is 3.94. The maximum atomic E-state index is 11.3. The molecule has 0 heterocycles. The number of rotatable bonds is 2. The Morgan fingerprint density at radius 2 is 2.21 bits per heavy atom. The highest BCUT2D eigenvalue weighted by atomic mass is 79.9. The molecular formula is C10H13BrN2O. The summed E-state index contributed by atoms with van der Waals surface area (Å²) < 4.78 is 0.992. The minimum Gasteiger partial charge on any atom is -0.322 e. The number of likely N-dealkylation sites (N-methyl/N-ethyl adjacent to an activating group) is 1. The number of anilines is 1. The molecule has 0 aliphatic carbocycles. The molecule has 1 aromatic carbocycles. The maximum Gasteiger partial charge on any atom is 0.240 e. The van der Waals surface area contributed by atoms with Crippen molar-refractivity contribution in [3.63, 3.8) is 0 Å². The van der Waals surface area contributed by atoms with Crippen LogP contribution in [0.2, 0.25) is 0 Å². The number of carbonyl (C=O) groups is 1. The van der Waals surface area contributed by atoms with E-state index in [2.05, 4.69) is 15.9 Å². The fourth-order valence-electron chi connectivity index (χ4n) is 1.07. The lowest BCUT2D eigenvalue weighted by Crippen LogP contribution is -2.32. The van der Waals surface area contributed by atoms with Crippen LogP contribution in [-0.4, -0.2) is 19.5 Å². The second kappa shape index (κ2) is 4.57. The molecule has 0 radical (unpaired) electrons. The smallest absolute Gasteiger partial charge is 0.240 e. The third-order valence-corrected chi connectivity index (χ3v) is 2.95. The van der Waals surface area contributed by atoms with Crippen LogP contribution in [0.15, 0.2) is 22.7 Å². The number of nitrogens with two attached hydrogens (primary N) is 1. The molecule has 0 aliphatic rings. The predicted octanol–water partition coefficient (Wildman–Crippen LogP) is 1.68. The molecule has 0 aromatic heterocycles. The number of carbonyl (C=O) groups excluding carboxylic acids is 1. The zero-order valence-electron chi connectivity index (χ0n) is 8.25. The number of aryl methyl sites for hydroxylation is 1. The first kappa shape index (κ1) is 11.2. The lowest BCUT2D eigenvalue weighted by molar-refractivity contribution is -0.117. The first-order valence-corrected chi connectivity index (χ1v) is 5.08. The molecular weight excluding hydrogens is 244 g/mol. The van der Waals surface area contributed by atoms with Gasteiger partial charge in [0.25, 0.3) is 0 Å². The van der Waals surface area contributed by atoms with Crippen LogP contribution in [0.25, 0.3) is 0 Å². The Hall–Kier alpha value is -0.870. The van der Waals surface area contributed by atoms with Crippen molar-refractivity contribution < 1.29 is 4.79 Å². The van der Waals surface area contributed by atoms with Crippen molar-refractivity contribution in [2.45, 2.75) is 6.92 Å². The van der Waals surface area contributed by atoms with Crippen LogP contribution in [0.3, 0.4) is 0 Å². The van der Waals surface area contributed by atoms with E-state index in [1.54, 1.807) is 11.9 Å². The lowest BCUT2D eigenvalue weighted by atomic mass is 10.2. The zero-order valence-corrected chi connectivity index (χ0v) is 9.84. The van der Waals surface area contributed by atoms with E-state index < -0.39 is 0 Å². The van der Waals surface area contributed by atoms with Gasteiger partial charge in [-0.2, -0.15) is 0 Å². The van der Waals surface area contributed by atoms with E-state index in [0.29, 0.717) is 0 Å². The second-order valence-electron chi connectivity index (χ2n) is 3.09.